The van der Waals surface area contributed by atoms with Crippen LogP contribution < -0.4 is 0 Å². The maximum Gasteiger partial charge on any atom is 0.167 e. The summed E-state index contributed by atoms with van der Waals surface area (Å²) < 4.78 is 5.84. The van der Waals surface area contributed by atoms with Crippen LogP contribution in [-0.2, 0) is 9.53 Å². The molecule has 0 unspecified atom stereocenters. The second kappa shape index (κ2) is 5.64. The number of Topliss-reactive ketones (excluding diaryl/α,β-unsaturated/α-hetero) is 1. The van der Waals surface area contributed by atoms with Gasteiger partial charge in [-0.3, -0.25) is 4.79 Å². The van der Waals surface area contributed by atoms with E-state index < -0.39 is 0 Å². The van der Waals surface area contributed by atoms with Crippen LogP contribution in [0.3, 0.4) is 0 Å². The molecule has 1 aliphatic rings. The number of ketones is 1. The van der Waals surface area contributed by atoms with Crippen molar-refractivity contribution in [3.63, 3.8) is 0 Å². The van der Waals surface area contributed by atoms with Gasteiger partial charge in [0.25, 0.3) is 0 Å². The summed E-state index contributed by atoms with van der Waals surface area (Å²) in [5, 5.41) is 0. The van der Waals surface area contributed by atoms with Crippen molar-refractivity contribution in [2.75, 3.05) is 6.61 Å². The Morgan fingerprint density at radius 1 is 1.33 bits per heavy atom. The highest BCUT2D eigenvalue weighted by Crippen LogP contribution is 2.38. The first kappa shape index (κ1) is 12.7. The third-order valence-electron chi connectivity index (χ3n) is 3.26. The third kappa shape index (κ3) is 3.04. The smallest absolute Gasteiger partial charge is 0.167 e. The van der Waals surface area contributed by atoms with Gasteiger partial charge in [0, 0.05) is 12.5 Å². The van der Waals surface area contributed by atoms with Gasteiger partial charge < -0.3 is 4.74 Å². The van der Waals surface area contributed by atoms with Crippen LogP contribution in [0.25, 0.3) is 0 Å². The molecule has 1 aliphatic carbocycles. The Balaban J connectivity index is 2.36. The average Bonchev–Trinajstić information content (AvgIpc) is 2.14. The summed E-state index contributed by atoms with van der Waals surface area (Å²) in [5.41, 5.74) is -0.387. The first-order chi connectivity index (χ1) is 7.12. The molecule has 0 saturated heterocycles. The Labute approximate surface area is 93.4 Å². The second-order valence-corrected chi connectivity index (χ2v) is 4.92. The van der Waals surface area contributed by atoms with Gasteiger partial charge in [-0.15, -0.1) is 0 Å². The van der Waals surface area contributed by atoms with E-state index in [-0.39, 0.29) is 11.5 Å². The fourth-order valence-corrected chi connectivity index (χ4v) is 2.11. The minimum atomic E-state index is -0.387. The molecule has 0 spiro atoms. The van der Waals surface area contributed by atoms with Gasteiger partial charge >= 0.3 is 0 Å². The molecule has 0 aliphatic heterocycles. The molecule has 0 bridgehead atoms. The van der Waals surface area contributed by atoms with Crippen molar-refractivity contribution in [1.82, 2.24) is 0 Å². The van der Waals surface area contributed by atoms with Gasteiger partial charge in [-0.1, -0.05) is 33.6 Å². The van der Waals surface area contributed by atoms with Crippen LogP contribution in [0.2, 0.25) is 0 Å². The van der Waals surface area contributed by atoms with Crippen LogP contribution in [0.1, 0.15) is 59.3 Å². The van der Waals surface area contributed by atoms with E-state index in [0.29, 0.717) is 5.78 Å². The molecule has 1 fully saturated rings. The zero-order valence-electron chi connectivity index (χ0n) is 10.3. The van der Waals surface area contributed by atoms with E-state index in [0.717, 1.165) is 32.3 Å². The van der Waals surface area contributed by atoms with Crippen LogP contribution >= 0.6 is 0 Å². The summed E-state index contributed by atoms with van der Waals surface area (Å²) in [6.07, 6.45) is 6.52. The Hall–Kier alpha value is -0.370. The van der Waals surface area contributed by atoms with Crippen LogP contribution in [0.15, 0.2) is 0 Å². The summed E-state index contributed by atoms with van der Waals surface area (Å²) in [5.74, 6) is 0.418. The predicted octanol–water partition coefficient (Wildman–Crippen LogP) is 3.34. The van der Waals surface area contributed by atoms with Crippen molar-refractivity contribution in [1.29, 1.82) is 0 Å². The van der Waals surface area contributed by atoms with E-state index in [1.165, 1.54) is 12.8 Å². The molecule has 0 radical (unpaired) electrons. The summed E-state index contributed by atoms with van der Waals surface area (Å²) in [7, 11) is 0. The van der Waals surface area contributed by atoms with Gasteiger partial charge in [0.05, 0.1) is 0 Å². The maximum absolute atomic E-state index is 12.0. The lowest BCUT2D eigenvalue weighted by atomic mass is 9.73. The highest BCUT2D eigenvalue weighted by molar-refractivity contribution is 5.89. The van der Waals surface area contributed by atoms with Crippen LogP contribution in [0.4, 0.5) is 0 Å². The highest BCUT2D eigenvalue weighted by Gasteiger charge is 2.45. The van der Waals surface area contributed by atoms with Crippen LogP contribution in [-0.4, -0.2) is 18.0 Å². The predicted molar refractivity (Wildman–Crippen MR) is 61.9 cm³/mol. The van der Waals surface area contributed by atoms with Gasteiger partial charge in [-0.05, 0) is 25.7 Å². The van der Waals surface area contributed by atoms with Crippen molar-refractivity contribution in [2.45, 2.75) is 64.9 Å². The maximum atomic E-state index is 12.0. The van der Waals surface area contributed by atoms with Gasteiger partial charge in [-0.25, -0.2) is 0 Å². The monoisotopic (exact) mass is 212 g/mol. The molecular weight excluding hydrogens is 188 g/mol. The molecule has 0 aromatic carbocycles. The lowest BCUT2D eigenvalue weighted by Gasteiger charge is -2.41. The number of hydrogen-bond acceptors (Lipinski definition) is 2. The summed E-state index contributed by atoms with van der Waals surface area (Å²) in [6.45, 7) is 6.88. The Kier molecular flexibility index (Phi) is 4.78. The molecule has 0 atom stereocenters. The number of carbonyl (C=O) groups excluding carboxylic acids is 1. The fraction of sp³-hybridized carbons (Fsp3) is 0.923. The van der Waals surface area contributed by atoms with E-state index in [1.54, 1.807) is 0 Å². The molecular formula is C13H24O2. The SMILES string of the molecule is CCCCCOC1(C(=O)C(C)C)CCC1. The quantitative estimate of drug-likeness (QED) is 0.605. The van der Waals surface area contributed by atoms with Crippen molar-refractivity contribution in [2.24, 2.45) is 5.92 Å². The summed E-state index contributed by atoms with van der Waals surface area (Å²) in [6, 6.07) is 0. The van der Waals surface area contributed by atoms with Gasteiger partial charge in [0.1, 0.15) is 5.60 Å². The largest absolute Gasteiger partial charge is 0.367 e. The van der Waals surface area contributed by atoms with Gasteiger partial charge in [0.15, 0.2) is 5.78 Å². The molecule has 0 aromatic heterocycles. The molecule has 2 heteroatoms. The summed E-state index contributed by atoms with van der Waals surface area (Å²) >= 11 is 0. The van der Waals surface area contributed by atoms with Crippen LogP contribution in [0.5, 0.6) is 0 Å². The number of hydrogen-bond donors (Lipinski definition) is 0. The lowest BCUT2D eigenvalue weighted by molar-refractivity contribution is -0.161. The van der Waals surface area contributed by atoms with Crippen LogP contribution in [0, 0.1) is 5.92 Å². The molecule has 88 valence electrons. The van der Waals surface area contributed by atoms with E-state index in [2.05, 4.69) is 6.92 Å². The number of rotatable bonds is 7. The lowest BCUT2D eigenvalue weighted by Crippen LogP contribution is -2.50. The molecule has 0 N–H and O–H groups in total. The molecule has 0 aromatic rings. The van der Waals surface area contributed by atoms with Gasteiger partial charge in [0.2, 0.25) is 0 Å². The molecule has 0 heterocycles. The molecule has 2 nitrogen and oxygen atoms in total. The fourth-order valence-electron chi connectivity index (χ4n) is 2.11. The minimum Gasteiger partial charge on any atom is -0.367 e. The zero-order valence-corrected chi connectivity index (χ0v) is 10.3. The normalized spacial score (nSPS) is 18.9. The summed E-state index contributed by atoms with van der Waals surface area (Å²) in [4.78, 5) is 12.0. The number of carbonyl (C=O) groups is 1. The third-order valence-corrected chi connectivity index (χ3v) is 3.26. The molecule has 15 heavy (non-hydrogen) atoms. The van der Waals surface area contributed by atoms with E-state index in [1.807, 2.05) is 13.8 Å². The highest BCUT2D eigenvalue weighted by atomic mass is 16.5. The van der Waals surface area contributed by atoms with Crippen molar-refractivity contribution >= 4 is 5.78 Å². The molecule has 1 saturated carbocycles. The van der Waals surface area contributed by atoms with E-state index in [9.17, 15) is 4.79 Å². The average molecular weight is 212 g/mol. The number of ether oxygens (including phenoxy) is 1. The van der Waals surface area contributed by atoms with Crippen molar-refractivity contribution in [3.05, 3.63) is 0 Å². The zero-order chi connectivity index (χ0) is 11.3. The topological polar surface area (TPSA) is 26.3 Å². The van der Waals surface area contributed by atoms with Gasteiger partial charge in [-0.2, -0.15) is 0 Å². The molecule has 1 rings (SSSR count). The van der Waals surface area contributed by atoms with Crippen molar-refractivity contribution < 1.29 is 9.53 Å². The Morgan fingerprint density at radius 2 is 2.00 bits per heavy atom. The Morgan fingerprint density at radius 3 is 2.40 bits per heavy atom. The number of unbranched alkanes of at least 4 members (excludes halogenated alkanes) is 2. The molecule has 0 amide bonds. The standard InChI is InChI=1S/C13H24O2/c1-4-5-6-10-15-13(8-7-9-13)12(14)11(2)3/h11H,4-10H2,1-3H3. The minimum absolute atomic E-state index is 0.108. The van der Waals surface area contributed by atoms with E-state index >= 15 is 0 Å². The first-order valence-corrected chi connectivity index (χ1v) is 6.30. The van der Waals surface area contributed by atoms with Crippen molar-refractivity contribution in [3.8, 4) is 0 Å². The second-order valence-electron chi connectivity index (χ2n) is 4.92. The van der Waals surface area contributed by atoms with E-state index in [4.69, 9.17) is 4.74 Å². The Bertz CT molecular complexity index is 205. The first-order valence-electron chi connectivity index (χ1n) is 6.30.